The number of nitrogens with zero attached hydrogens (tertiary/aromatic N) is 1. The van der Waals surface area contributed by atoms with Crippen LogP contribution in [0.4, 0.5) is 0 Å². The fraction of sp³-hybridized carbons (Fsp3) is 0.500. The van der Waals surface area contributed by atoms with E-state index in [-0.39, 0.29) is 12.4 Å². The predicted molar refractivity (Wildman–Crippen MR) is 71.4 cm³/mol. The molecule has 1 saturated heterocycles. The first-order chi connectivity index (χ1) is 7.25. The van der Waals surface area contributed by atoms with E-state index in [1.165, 1.54) is 5.56 Å². The molecule has 0 aromatic heterocycles. The molecule has 0 amide bonds. The van der Waals surface area contributed by atoms with E-state index in [1.807, 2.05) is 12.1 Å². The Balaban J connectivity index is 0.00000128. The van der Waals surface area contributed by atoms with E-state index in [0.29, 0.717) is 6.04 Å². The predicted octanol–water partition coefficient (Wildman–Crippen LogP) is 2.56. The minimum Gasteiger partial charge on any atom is -0.314 e. The zero-order valence-corrected chi connectivity index (χ0v) is 11.0. The van der Waals surface area contributed by atoms with Gasteiger partial charge in [0, 0.05) is 37.2 Å². The Bertz CT molecular complexity index is 331. The Morgan fingerprint density at radius 2 is 2.31 bits per heavy atom. The number of hydrogen-bond donors (Lipinski definition) is 1. The highest BCUT2D eigenvalue weighted by atomic mass is 35.5. The molecule has 1 atom stereocenters. The van der Waals surface area contributed by atoms with E-state index < -0.39 is 0 Å². The lowest BCUT2D eigenvalue weighted by Crippen LogP contribution is -2.49. The normalized spacial score (nSPS) is 21.5. The van der Waals surface area contributed by atoms with E-state index in [4.69, 9.17) is 11.6 Å². The van der Waals surface area contributed by atoms with Crippen LogP contribution in [0.3, 0.4) is 0 Å². The van der Waals surface area contributed by atoms with Crippen molar-refractivity contribution in [2.75, 3.05) is 19.6 Å². The second kappa shape index (κ2) is 6.45. The minimum atomic E-state index is 0. The molecule has 0 unspecified atom stereocenters. The zero-order chi connectivity index (χ0) is 10.7. The van der Waals surface area contributed by atoms with E-state index in [9.17, 15) is 0 Å². The van der Waals surface area contributed by atoms with Gasteiger partial charge in [-0.25, -0.2) is 0 Å². The Hall–Kier alpha value is -0.280. The highest BCUT2D eigenvalue weighted by Crippen LogP contribution is 2.14. The fourth-order valence-electron chi connectivity index (χ4n) is 1.99. The lowest BCUT2D eigenvalue weighted by Gasteiger charge is -2.33. The van der Waals surface area contributed by atoms with Crippen molar-refractivity contribution in [1.82, 2.24) is 10.2 Å². The summed E-state index contributed by atoms with van der Waals surface area (Å²) in [7, 11) is 0. The third kappa shape index (κ3) is 3.63. The molecule has 2 rings (SSSR count). The summed E-state index contributed by atoms with van der Waals surface area (Å²) in [4.78, 5) is 2.49. The van der Waals surface area contributed by atoms with Crippen molar-refractivity contribution in [3.63, 3.8) is 0 Å². The standard InChI is InChI=1S/C12H17ClN2.ClH/c1-10-8-14-5-6-15(10)9-11-3-2-4-12(13)7-11;/h2-4,7,10,14H,5-6,8-9H2,1H3;1H/t10-;/m1./s1. The van der Waals surface area contributed by atoms with Crippen LogP contribution in [0.1, 0.15) is 12.5 Å². The van der Waals surface area contributed by atoms with Crippen molar-refractivity contribution in [2.24, 2.45) is 0 Å². The largest absolute Gasteiger partial charge is 0.314 e. The average molecular weight is 261 g/mol. The highest BCUT2D eigenvalue weighted by molar-refractivity contribution is 6.30. The molecule has 0 spiro atoms. The maximum Gasteiger partial charge on any atom is 0.0409 e. The summed E-state index contributed by atoms with van der Waals surface area (Å²) in [6.45, 7) is 6.55. The first-order valence-electron chi connectivity index (χ1n) is 5.45. The maximum atomic E-state index is 5.97. The molecule has 4 heteroatoms. The number of hydrogen-bond acceptors (Lipinski definition) is 2. The lowest BCUT2D eigenvalue weighted by molar-refractivity contribution is 0.165. The van der Waals surface area contributed by atoms with Crippen LogP contribution in [-0.2, 0) is 6.54 Å². The van der Waals surface area contributed by atoms with Gasteiger partial charge in [0.15, 0.2) is 0 Å². The van der Waals surface area contributed by atoms with Gasteiger partial charge < -0.3 is 5.32 Å². The summed E-state index contributed by atoms with van der Waals surface area (Å²) in [5, 5.41) is 4.22. The highest BCUT2D eigenvalue weighted by Gasteiger charge is 2.17. The molecule has 1 aliphatic rings. The van der Waals surface area contributed by atoms with Gasteiger partial charge in [-0.05, 0) is 24.6 Å². The summed E-state index contributed by atoms with van der Waals surface area (Å²) in [5.74, 6) is 0. The van der Waals surface area contributed by atoms with Crippen LogP contribution in [0, 0.1) is 0 Å². The van der Waals surface area contributed by atoms with Gasteiger partial charge in [-0.3, -0.25) is 4.90 Å². The van der Waals surface area contributed by atoms with Gasteiger partial charge in [0.2, 0.25) is 0 Å². The van der Waals surface area contributed by atoms with Crippen molar-refractivity contribution in [3.05, 3.63) is 34.9 Å². The molecule has 0 aliphatic carbocycles. The number of nitrogens with one attached hydrogen (secondary N) is 1. The first kappa shape index (κ1) is 13.8. The van der Waals surface area contributed by atoms with Crippen LogP contribution in [-0.4, -0.2) is 30.6 Å². The molecule has 1 heterocycles. The van der Waals surface area contributed by atoms with Crippen molar-refractivity contribution >= 4 is 24.0 Å². The number of benzene rings is 1. The summed E-state index contributed by atoms with van der Waals surface area (Å²) in [5.41, 5.74) is 1.30. The van der Waals surface area contributed by atoms with Crippen molar-refractivity contribution in [2.45, 2.75) is 19.5 Å². The van der Waals surface area contributed by atoms with Gasteiger partial charge in [-0.2, -0.15) is 0 Å². The molecule has 16 heavy (non-hydrogen) atoms. The molecular formula is C12H18Cl2N2. The van der Waals surface area contributed by atoms with Crippen molar-refractivity contribution < 1.29 is 0 Å². The lowest BCUT2D eigenvalue weighted by atomic mass is 10.1. The topological polar surface area (TPSA) is 15.3 Å². The number of rotatable bonds is 2. The first-order valence-corrected chi connectivity index (χ1v) is 5.83. The average Bonchev–Trinajstić information content (AvgIpc) is 2.22. The van der Waals surface area contributed by atoms with Gasteiger partial charge >= 0.3 is 0 Å². The van der Waals surface area contributed by atoms with Gasteiger partial charge in [0.05, 0.1) is 0 Å². The molecule has 1 fully saturated rings. The zero-order valence-electron chi connectivity index (χ0n) is 9.45. The summed E-state index contributed by atoms with van der Waals surface area (Å²) < 4.78 is 0. The molecule has 2 nitrogen and oxygen atoms in total. The minimum absolute atomic E-state index is 0. The third-order valence-corrected chi connectivity index (χ3v) is 3.15. The molecule has 1 aliphatic heterocycles. The van der Waals surface area contributed by atoms with E-state index >= 15 is 0 Å². The molecule has 0 bridgehead atoms. The van der Waals surface area contributed by atoms with Gasteiger partial charge in [-0.1, -0.05) is 23.7 Å². The summed E-state index contributed by atoms with van der Waals surface area (Å²) >= 11 is 5.97. The number of piperazine rings is 1. The fourth-order valence-corrected chi connectivity index (χ4v) is 2.20. The number of halogens is 2. The Kier molecular flexibility index (Phi) is 5.56. The van der Waals surface area contributed by atoms with Crippen LogP contribution in [0.2, 0.25) is 5.02 Å². The molecule has 1 aromatic carbocycles. The second-order valence-electron chi connectivity index (χ2n) is 4.15. The van der Waals surface area contributed by atoms with Crippen LogP contribution in [0.5, 0.6) is 0 Å². The van der Waals surface area contributed by atoms with E-state index in [0.717, 1.165) is 31.2 Å². The molecule has 1 N–H and O–H groups in total. The smallest absolute Gasteiger partial charge is 0.0409 e. The summed E-state index contributed by atoms with van der Waals surface area (Å²) in [6.07, 6.45) is 0. The Labute approximate surface area is 108 Å². The molecule has 0 saturated carbocycles. The molecule has 1 aromatic rings. The molecule has 90 valence electrons. The van der Waals surface area contributed by atoms with E-state index in [1.54, 1.807) is 0 Å². The molecule has 0 radical (unpaired) electrons. The van der Waals surface area contributed by atoms with Crippen LogP contribution < -0.4 is 5.32 Å². The summed E-state index contributed by atoms with van der Waals surface area (Å²) in [6, 6.07) is 8.74. The van der Waals surface area contributed by atoms with Gasteiger partial charge in [0.1, 0.15) is 0 Å². The monoisotopic (exact) mass is 260 g/mol. The van der Waals surface area contributed by atoms with Crippen LogP contribution >= 0.6 is 24.0 Å². The van der Waals surface area contributed by atoms with Gasteiger partial charge in [0.25, 0.3) is 0 Å². The Morgan fingerprint density at radius 1 is 1.50 bits per heavy atom. The Morgan fingerprint density at radius 3 is 3.00 bits per heavy atom. The second-order valence-corrected chi connectivity index (χ2v) is 4.59. The van der Waals surface area contributed by atoms with Gasteiger partial charge in [-0.15, -0.1) is 12.4 Å². The van der Waals surface area contributed by atoms with Crippen LogP contribution in [0.25, 0.3) is 0 Å². The van der Waals surface area contributed by atoms with Crippen molar-refractivity contribution in [1.29, 1.82) is 0 Å². The van der Waals surface area contributed by atoms with Crippen LogP contribution in [0.15, 0.2) is 24.3 Å². The quantitative estimate of drug-likeness (QED) is 0.880. The molecular weight excluding hydrogens is 243 g/mol. The van der Waals surface area contributed by atoms with E-state index in [2.05, 4.69) is 29.3 Å². The SMILES string of the molecule is C[C@@H]1CNCCN1Cc1cccc(Cl)c1.Cl. The third-order valence-electron chi connectivity index (χ3n) is 2.91. The van der Waals surface area contributed by atoms with Crippen molar-refractivity contribution in [3.8, 4) is 0 Å². The maximum absolute atomic E-state index is 5.97.